The van der Waals surface area contributed by atoms with Gasteiger partial charge >= 0.3 is 5.97 Å². The summed E-state index contributed by atoms with van der Waals surface area (Å²) < 4.78 is 27.9. The van der Waals surface area contributed by atoms with Gasteiger partial charge in [0.25, 0.3) is 0 Å². The van der Waals surface area contributed by atoms with Crippen LogP contribution in [0.5, 0.6) is 0 Å². The fourth-order valence-corrected chi connectivity index (χ4v) is 4.59. The third-order valence-electron chi connectivity index (χ3n) is 5.02. The molecule has 0 saturated carbocycles. The number of benzene rings is 3. The average molecular weight is 497 g/mol. The van der Waals surface area contributed by atoms with Gasteiger partial charge < -0.3 is 15.6 Å². The van der Waals surface area contributed by atoms with E-state index in [1.807, 2.05) is 18.2 Å². The number of rotatable bonds is 10. The number of hydrogen-bond donors (Lipinski definition) is 4. The predicted octanol–water partition coefficient (Wildman–Crippen LogP) is 1.20. The Morgan fingerprint density at radius 1 is 1.00 bits per heavy atom. The van der Waals surface area contributed by atoms with Gasteiger partial charge in [0, 0.05) is 6.42 Å². The monoisotopic (exact) mass is 496 g/mol. The molecule has 3 rings (SSSR count). The smallest absolute Gasteiger partial charge is 0.305 e. The summed E-state index contributed by atoms with van der Waals surface area (Å²) >= 11 is 0. The summed E-state index contributed by atoms with van der Waals surface area (Å²) in [7, 11) is -4.26. The standard InChI is InChI=1S/C24H24N4O6S/c25-24(26-19(15-29)12-16-6-2-1-3-7-16)27-23(32)21(14-22(30)31)28-35(33,34)20-11-10-17-8-4-5-9-18(17)13-20/h1-11,13,15,19,21,28H,12,14H2,(H,30,31)(H3,25,26,27,32)/t19-,21-/m0/s1. The van der Waals surface area contributed by atoms with Crippen LogP contribution in [0.25, 0.3) is 10.8 Å². The van der Waals surface area contributed by atoms with E-state index in [9.17, 15) is 27.9 Å². The third kappa shape index (κ3) is 7.19. The lowest BCUT2D eigenvalue weighted by atomic mass is 10.1. The Labute approximate surface area is 201 Å². The molecule has 35 heavy (non-hydrogen) atoms. The first-order chi connectivity index (χ1) is 16.7. The van der Waals surface area contributed by atoms with Crippen molar-refractivity contribution in [1.29, 1.82) is 0 Å². The molecule has 10 nitrogen and oxygen atoms in total. The molecule has 0 aliphatic heterocycles. The average Bonchev–Trinajstić information content (AvgIpc) is 2.83. The van der Waals surface area contributed by atoms with Crippen LogP contribution in [-0.2, 0) is 30.8 Å². The zero-order chi connectivity index (χ0) is 25.4. The molecule has 0 bridgehead atoms. The number of amides is 1. The molecule has 0 radical (unpaired) electrons. The summed E-state index contributed by atoms with van der Waals surface area (Å²) in [6.45, 7) is 0. The number of carboxylic acids is 1. The molecule has 0 spiro atoms. The van der Waals surface area contributed by atoms with Gasteiger partial charge in [-0.1, -0.05) is 60.7 Å². The zero-order valence-electron chi connectivity index (χ0n) is 18.5. The first kappa shape index (κ1) is 25.5. The van der Waals surface area contributed by atoms with Crippen LogP contribution in [0.15, 0.2) is 82.7 Å². The number of carboxylic acid groups (broad SMARTS) is 1. The normalized spacial score (nSPS) is 13.7. The van der Waals surface area contributed by atoms with E-state index in [4.69, 9.17) is 5.73 Å². The second kappa shape index (κ2) is 11.4. The Morgan fingerprint density at radius 3 is 2.31 bits per heavy atom. The Balaban J connectivity index is 1.76. The zero-order valence-corrected chi connectivity index (χ0v) is 19.3. The molecule has 0 fully saturated rings. The Bertz CT molecular complexity index is 1360. The van der Waals surface area contributed by atoms with Crippen molar-refractivity contribution in [2.45, 2.75) is 29.8 Å². The van der Waals surface area contributed by atoms with Gasteiger partial charge in [-0.25, -0.2) is 13.4 Å². The van der Waals surface area contributed by atoms with Crippen molar-refractivity contribution in [3.63, 3.8) is 0 Å². The highest BCUT2D eigenvalue weighted by atomic mass is 32.2. The number of aldehydes is 1. The van der Waals surface area contributed by atoms with Crippen LogP contribution >= 0.6 is 0 Å². The molecule has 0 aliphatic carbocycles. The summed E-state index contributed by atoms with van der Waals surface area (Å²) in [5, 5.41) is 12.9. The lowest BCUT2D eigenvalue weighted by Gasteiger charge is -2.17. The van der Waals surface area contributed by atoms with E-state index in [0.29, 0.717) is 11.7 Å². The summed E-state index contributed by atoms with van der Waals surface area (Å²) in [6.07, 6.45) is -0.0513. The van der Waals surface area contributed by atoms with Gasteiger partial charge in [0.15, 0.2) is 5.96 Å². The van der Waals surface area contributed by atoms with Gasteiger partial charge in [-0.3, -0.25) is 14.9 Å². The molecule has 2 atom stereocenters. The fraction of sp³-hybridized carbons (Fsp3) is 0.167. The number of hydrogen-bond acceptors (Lipinski definition) is 6. The third-order valence-corrected chi connectivity index (χ3v) is 6.49. The number of sulfonamides is 1. The molecule has 11 heteroatoms. The van der Waals surface area contributed by atoms with Crippen molar-refractivity contribution in [1.82, 2.24) is 10.0 Å². The second-order valence-corrected chi connectivity index (χ2v) is 9.39. The van der Waals surface area contributed by atoms with Crippen LogP contribution in [-0.4, -0.2) is 49.7 Å². The summed E-state index contributed by atoms with van der Waals surface area (Å²) in [5.74, 6) is -2.87. The summed E-state index contributed by atoms with van der Waals surface area (Å²) in [6, 6.07) is 17.9. The molecule has 182 valence electrons. The lowest BCUT2D eigenvalue weighted by molar-refractivity contribution is -0.139. The molecule has 1 amide bonds. The molecule has 0 unspecified atom stereocenters. The van der Waals surface area contributed by atoms with E-state index < -0.39 is 46.4 Å². The van der Waals surface area contributed by atoms with Crippen molar-refractivity contribution >= 4 is 44.9 Å². The number of aliphatic imine (C=N–C) groups is 1. The number of fused-ring (bicyclic) bond motifs is 1. The van der Waals surface area contributed by atoms with Crippen molar-refractivity contribution < 1.29 is 27.9 Å². The maximum atomic E-state index is 12.9. The minimum Gasteiger partial charge on any atom is -0.481 e. The molecule has 3 aromatic rings. The molecule has 0 aromatic heterocycles. The minimum absolute atomic E-state index is 0.134. The Hall–Kier alpha value is -4.09. The maximum absolute atomic E-state index is 12.9. The van der Waals surface area contributed by atoms with Gasteiger partial charge in [-0.05, 0) is 28.5 Å². The molecular formula is C24H24N4O6S. The number of carbonyl (C=O) groups excluding carboxylic acids is 2. The van der Waals surface area contributed by atoms with Crippen LogP contribution in [0.2, 0.25) is 0 Å². The first-order valence-electron chi connectivity index (χ1n) is 10.5. The second-order valence-electron chi connectivity index (χ2n) is 7.68. The number of carbonyl (C=O) groups is 3. The lowest BCUT2D eigenvalue weighted by Crippen LogP contribution is -2.51. The van der Waals surface area contributed by atoms with Gasteiger partial charge in [0.2, 0.25) is 15.9 Å². The first-order valence-corrected chi connectivity index (χ1v) is 12.0. The number of nitrogens with zero attached hydrogens (tertiary/aromatic N) is 1. The van der Waals surface area contributed by atoms with Gasteiger partial charge in [-0.15, -0.1) is 0 Å². The van der Waals surface area contributed by atoms with Crippen LogP contribution in [0.4, 0.5) is 0 Å². The Morgan fingerprint density at radius 2 is 1.66 bits per heavy atom. The summed E-state index contributed by atoms with van der Waals surface area (Å²) in [5.41, 5.74) is 6.56. The number of aliphatic carboxylic acids is 1. The molecule has 0 heterocycles. The topological polar surface area (TPSA) is 168 Å². The molecule has 5 N–H and O–H groups in total. The van der Waals surface area contributed by atoms with Gasteiger partial charge in [0.1, 0.15) is 18.4 Å². The quantitative estimate of drug-likeness (QED) is 0.186. The van der Waals surface area contributed by atoms with Crippen LogP contribution in [0, 0.1) is 0 Å². The predicted molar refractivity (Wildman–Crippen MR) is 130 cm³/mol. The van der Waals surface area contributed by atoms with Crippen molar-refractivity contribution in [3.8, 4) is 0 Å². The molecule has 0 aliphatic rings. The van der Waals surface area contributed by atoms with E-state index in [2.05, 4.69) is 15.0 Å². The molecule has 0 saturated heterocycles. The van der Waals surface area contributed by atoms with E-state index in [-0.39, 0.29) is 11.3 Å². The van der Waals surface area contributed by atoms with Gasteiger partial charge in [0.05, 0.1) is 11.3 Å². The van der Waals surface area contributed by atoms with Gasteiger partial charge in [-0.2, -0.15) is 4.72 Å². The highest BCUT2D eigenvalue weighted by molar-refractivity contribution is 7.89. The number of nitrogens with one attached hydrogen (secondary N) is 2. The van der Waals surface area contributed by atoms with E-state index in [1.165, 1.54) is 12.1 Å². The van der Waals surface area contributed by atoms with Crippen molar-refractivity contribution in [3.05, 3.63) is 78.4 Å². The summed E-state index contributed by atoms with van der Waals surface area (Å²) in [4.78, 5) is 39.2. The maximum Gasteiger partial charge on any atom is 0.305 e. The Kier molecular flexibility index (Phi) is 8.29. The van der Waals surface area contributed by atoms with Crippen LogP contribution in [0.1, 0.15) is 12.0 Å². The minimum atomic E-state index is -4.26. The van der Waals surface area contributed by atoms with Crippen LogP contribution < -0.4 is 15.8 Å². The highest BCUT2D eigenvalue weighted by Gasteiger charge is 2.28. The van der Waals surface area contributed by atoms with E-state index in [0.717, 1.165) is 10.9 Å². The number of nitrogens with two attached hydrogens (primary N) is 1. The molecular weight excluding hydrogens is 472 g/mol. The largest absolute Gasteiger partial charge is 0.481 e. The van der Waals surface area contributed by atoms with E-state index in [1.54, 1.807) is 42.5 Å². The van der Waals surface area contributed by atoms with Crippen molar-refractivity contribution in [2.75, 3.05) is 0 Å². The number of guanidine groups is 1. The SMILES string of the molecule is NC(=N[C@H](C=O)Cc1ccccc1)NC(=O)[C@H](CC(=O)O)NS(=O)(=O)c1ccc2ccccc2c1. The molecule has 3 aromatic carbocycles. The van der Waals surface area contributed by atoms with Crippen molar-refractivity contribution in [2.24, 2.45) is 10.7 Å². The highest BCUT2D eigenvalue weighted by Crippen LogP contribution is 2.19. The van der Waals surface area contributed by atoms with E-state index >= 15 is 0 Å². The van der Waals surface area contributed by atoms with Crippen LogP contribution in [0.3, 0.4) is 0 Å². The fourth-order valence-electron chi connectivity index (χ4n) is 3.36.